The molecule has 0 unspecified atom stereocenters. The third kappa shape index (κ3) is 3.42. The molecule has 0 spiro atoms. The smallest absolute Gasteiger partial charge is 0.243 e. The molecule has 0 saturated carbocycles. The molecule has 2 aromatic heterocycles. The molecule has 2 heterocycles. The number of hydrogen-bond acceptors (Lipinski definition) is 5. The molecule has 18 heavy (non-hydrogen) atoms. The summed E-state index contributed by atoms with van der Waals surface area (Å²) in [7, 11) is -2.90. The minimum Gasteiger partial charge on any atom is -0.353 e. The Bertz CT molecular complexity index is 653. The number of fused-ring (bicyclic) bond motifs is 1. The van der Waals surface area contributed by atoms with E-state index in [2.05, 4.69) is 31.3 Å². The number of sulfone groups is 1. The normalized spacial score (nSPS) is 11.9. The highest BCUT2D eigenvalue weighted by Gasteiger charge is 2.06. The van der Waals surface area contributed by atoms with Crippen molar-refractivity contribution in [3.63, 3.8) is 0 Å². The molecular weight excluding hydrogens is 320 g/mol. The summed E-state index contributed by atoms with van der Waals surface area (Å²) >= 11 is 3.39. The second-order valence-electron chi connectivity index (χ2n) is 3.97. The first-order valence-corrected chi connectivity index (χ1v) is 8.23. The third-order valence-electron chi connectivity index (χ3n) is 2.29. The minimum absolute atomic E-state index is 0.164. The maximum absolute atomic E-state index is 11.0. The summed E-state index contributed by atoms with van der Waals surface area (Å²) in [5.41, 5.74) is 0.725. The van der Waals surface area contributed by atoms with Crippen molar-refractivity contribution in [3.8, 4) is 0 Å². The van der Waals surface area contributed by atoms with E-state index in [0.29, 0.717) is 18.9 Å². The highest BCUT2D eigenvalue weighted by atomic mass is 79.9. The first kappa shape index (κ1) is 13.3. The van der Waals surface area contributed by atoms with Gasteiger partial charge in [-0.15, -0.1) is 5.10 Å². The third-order valence-corrected chi connectivity index (χ3v) is 3.94. The Morgan fingerprint density at radius 1 is 1.50 bits per heavy atom. The van der Waals surface area contributed by atoms with Gasteiger partial charge in [0.25, 0.3) is 0 Å². The molecule has 0 aliphatic rings. The topological polar surface area (TPSA) is 76.4 Å². The quantitative estimate of drug-likeness (QED) is 0.836. The predicted octanol–water partition coefficient (Wildman–Crippen LogP) is 1.34. The van der Waals surface area contributed by atoms with Gasteiger partial charge in [0, 0.05) is 19.0 Å². The van der Waals surface area contributed by atoms with Crippen molar-refractivity contribution in [2.75, 3.05) is 23.9 Å². The number of halogens is 1. The molecule has 0 fully saturated rings. The van der Waals surface area contributed by atoms with Gasteiger partial charge in [-0.2, -0.15) is 4.98 Å². The van der Waals surface area contributed by atoms with Crippen molar-refractivity contribution in [1.82, 2.24) is 14.6 Å². The number of pyridine rings is 1. The van der Waals surface area contributed by atoms with E-state index >= 15 is 0 Å². The van der Waals surface area contributed by atoms with E-state index < -0.39 is 9.84 Å². The van der Waals surface area contributed by atoms with Crippen LogP contribution in [0.15, 0.2) is 22.8 Å². The van der Waals surface area contributed by atoms with Gasteiger partial charge < -0.3 is 5.32 Å². The fraction of sp³-hybridized carbons (Fsp3) is 0.400. The molecule has 0 aromatic carbocycles. The molecule has 8 heteroatoms. The lowest BCUT2D eigenvalue weighted by Gasteiger charge is -1.99. The van der Waals surface area contributed by atoms with E-state index in [1.807, 2.05) is 12.1 Å². The van der Waals surface area contributed by atoms with Gasteiger partial charge in [-0.05, 0) is 34.5 Å². The number of nitrogens with zero attached hydrogens (tertiary/aromatic N) is 3. The second-order valence-corrected chi connectivity index (χ2v) is 7.08. The summed E-state index contributed by atoms with van der Waals surface area (Å²) in [5, 5.41) is 7.23. The zero-order chi connectivity index (χ0) is 13.2. The Kier molecular flexibility index (Phi) is 3.86. The van der Waals surface area contributed by atoms with Crippen molar-refractivity contribution < 1.29 is 8.42 Å². The van der Waals surface area contributed by atoms with Crippen LogP contribution in [0, 0.1) is 0 Å². The van der Waals surface area contributed by atoms with Gasteiger partial charge in [0.05, 0.1) is 10.2 Å². The van der Waals surface area contributed by atoms with Crippen LogP contribution >= 0.6 is 15.9 Å². The Morgan fingerprint density at radius 3 is 2.94 bits per heavy atom. The van der Waals surface area contributed by atoms with E-state index in [1.165, 1.54) is 6.26 Å². The molecule has 0 bridgehead atoms. The van der Waals surface area contributed by atoms with Gasteiger partial charge in [-0.1, -0.05) is 0 Å². The maximum Gasteiger partial charge on any atom is 0.243 e. The van der Waals surface area contributed by atoms with Gasteiger partial charge in [-0.25, -0.2) is 12.9 Å². The highest BCUT2D eigenvalue weighted by molar-refractivity contribution is 9.10. The monoisotopic (exact) mass is 332 g/mol. The van der Waals surface area contributed by atoms with Crippen LogP contribution in [-0.4, -0.2) is 41.6 Å². The highest BCUT2D eigenvalue weighted by Crippen LogP contribution is 2.16. The largest absolute Gasteiger partial charge is 0.353 e. The predicted molar refractivity (Wildman–Crippen MR) is 73.5 cm³/mol. The molecule has 2 rings (SSSR count). The van der Waals surface area contributed by atoms with Crippen LogP contribution in [0.25, 0.3) is 5.65 Å². The Hall–Kier alpha value is -1.15. The van der Waals surface area contributed by atoms with Crippen LogP contribution in [0.3, 0.4) is 0 Å². The number of nitrogens with one attached hydrogen (secondary N) is 1. The van der Waals surface area contributed by atoms with Gasteiger partial charge in [-0.3, -0.25) is 0 Å². The minimum atomic E-state index is -2.90. The zero-order valence-electron chi connectivity index (χ0n) is 9.80. The van der Waals surface area contributed by atoms with Crippen LogP contribution in [0.2, 0.25) is 0 Å². The van der Waals surface area contributed by atoms with E-state index in [4.69, 9.17) is 0 Å². The molecule has 2 aromatic rings. The molecule has 0 aliphatic carbocycles. The fourth-order valence-corrected chi connectivity index (χ4v) is 2.57. The van der Waals surface area contributed by atoms with Crippen LogP contribution in [0.1, 0.15) is 6.42 Å². The standard InChI is InChI=1S/C10H13BrN4O2S/c1-18(16,17)7-3-5-12-10-13-9-8(11)4-2-6-15(9)14-10/h2,4,6H,3,5,7H2,1H3,(H,12,14). The van der Waals surface area contributed by atoms with Gasteiger partial charge >= 0.3 is 0 Å². The lowest BCUT2D eigenvalue weighted by molar-refractivity contribution is 0.600. The molecule has 98 valence electrons. The molecule has 0 radical (unpaired) electrons. The van der Waals surface area contributed by atoms with Gasteiger partial charge in [0.1, 0.15) is 9.84 Å². The summed E-state index contributed by atoms with van der Waals surface area (Å²) in [4.78, 5) is 4.29. The van der Waals surface area contributed by atoms with Crippen molar-refractivity contribution in [1.29, 1.82) is 0 Å². The molecule has 0 amide bonds. The van der Waals surface area contributed by atoms with Crippen molar-refractivity contribution in [2.45, 2.75) is 6.42 Å². The summed E-state index contributed by atoms with van der Waals surface area (Å²) in [6.45, 7) is 0.529. The van der Waals surface area contributed by atoms with Crippen LogP contribution < -0.4 is 5.32 Å². The Morgan fingerprint density at radius 2 is 2.28 bits per heavy atom. The number of rotatable bonds is 5. The summed E-state index contributed by atoms with van der Waals surface area (Å²) in [6, 6.07) is 3.75. The lowest BCUT2D eigenvalue weighted by atomic mass is 10.5. The van der Waals surface area contributed by atoms with Crippen molar-refractivity contribution >= 4 is 37.4 Å². The van der Waals surface area contributed by atoms with E-state index in [0.717, 1.165) is 10.1 Å². The zero-order valence-corrected chi connectivity index (χ0v) is 12.2. The Balaban J connectivity index is 1.98. The first-order chi connectivity index (χ1) is 8.46. The SMILES string of the molecule is CS(=O)(=O)CCCNc1nc2c(Br)cccn2n1. The van der Waals surface area contributed by atoms with Crippen molar-refractivity contribution in [2.24, 2.45) is 0 Å². The molecule has 0 saturated heterocycles. The Labute approximate surface area is 113 Å². The van der Waals surface area contributed by atoms with Crippen LogP contribution in [0.4, 0.5) is 5.95 Å². The van der Waals surface area contributed by atoms with E-state index in [-0.39, 0.29) is 5.75 Å². The fourth-order valence-electron chi connectivity index (χ4n) is 1.48. The van der Waals surface area contributed by atoms with Crippen molar-refractivity contribution in [3.05, 3.63) is 22.8 Å². The van der Waals surface area contributed by atoms with E-state index in [1.54, 1.807) is 10.7 Å². The number of aromatic nitrogens is 3. The number of anilines is 1. The summed E-state index contributed by atoms with van der Waals surface area (Å²) in [6.07, 6.45) is 3.57. The maximum atomic E-state index is 11.0. The van der Waals surface area contributed by atoms with Gasteiger partial charge in [0.15, 0.2) is 5.65 Å². The molecule has 6 nitrogen and oxygen atoms in total. The summed E-state index contributed by atoms with van der Waals surface area (Å²) in [5.74, 6) is 0.659. The average Bonchev–Trinajstić information content (AvgIpc) is 2.68. The van der Waals surface area contributed by atoms with E-state index in [9.17, 15) is 8.42 Å². The van der Waals surface area contributed by atoms with Crippen LogP contribution in [0.5, 0.6) is 0 Å². The van der Waals surface area contributed by atoms with Gasteiger partial charge in [0.2, 0.25) is 5.95 Å². The number of hydrogen-bond donors (Lipinski definition) is 1. The second kappa shape index (κ2) is 5.23. The molecule has 0 atom stereocenters. The molecule has 0 aliphatic heterocycles. The molecule has 1 N–H and O–H groups in total. The molecular formula is C10H13BrN4O2S. The summed E-state index contributed by atoms with van der Waals surface area (Å²) < 4.78 is 24.4. The van der Waals surface area contributed by atoms with Crippen LogP contribution in [-0.2, 0) is 9.84 Å². The lowest BCUT2D eigenvalue weighted by Crippen LogP contribution is -2.10. The first-order valence-electron chi connectivity index (χ1n) is 5.38. The average molecular weight is 333 g/mol.